The number of amides is 4. The lowest BCUT2D eigenvalue weighted by Crippen LogP contribution is -2.30. The second-order valence-electron chi connectivity index (χ2n) is 24.2. The Hall–Kier alpha value is -9.93. The van der Waals surface area contributed by atoms with E-state index in [0.717, 1.165) is 92.8 Å². The highest BCUT2D eigenvalue weighted by atomic mass is 35.5. The molecule has 98 heavy (non-hydrogen) atoms. The van der Waals surface area contributed by atoms with Gasteiger partial charge >= 0.3 is 0 Å². The van der Waals surface area contributed by atoms with E-state index >= 15 is 0 Å². The first kappa shape index (κ1) is 69.4. The summed E-state index contributed by atoms with van der Waals surface area (Å²) in [6, 6.07) is 37.5. The van der Waals surface area contributed by atoms with Gasteiger partial charge in [-0.2, -0.15) is 10.2 Å². The highest BCUT2D eigenvalue weighted by molar-refractivity contribution is 6.17. The monoisotopic (exact) mass is 1350 g/mol. The van der Waals surface area contributed by atoms with Gasteiger partial charge in [0, 0.05) is 140 Å². The number of aromatic nitrogens is 6. The van der Waals surface area contributed by atoms with Crippen molar-refractivity contribution in [2.24, 2.45) is 0 Å². The molecule has 0 unspecified atom stereocenters. The van der Waals surface area contributed by atoms with Crippen LogP contribution in [0.5, 0.6) is 0 Å². The van der Waals surface area contributed by atoms with E-state index < -0.39 is 5.82 Å². The van der Waals surface area contributed by atoms with Gasteiger partial charge in [-0.3, -0.25) is 19.2 Å². The van der Waals surface area contributed by atoms with Gasteiger partial charge in [0.25, 0.3) is 23.6 Å². The second kappa shape index (κ2) is 32.9. The smallest absolute Gasteiger partial charge is 0.251 e. The SMILES string of the molecule is CCc1nc2c(cnn2CC)c(NC2CCOCC2)c1CNC(=O)c1cccc(C(=O)NCc2ccc(F)c(-c3cccc(CCl)c3)c2)c1.CCc1nc2c(cnn2CC)c(NC2CCOCC2)c1CNC(=O)c1cccc(C(=O)NCc2ccc(F)c(-c3cccc(CO)c3)c2)c1. The molecular formula is C76H81ClF2N12O7. The Bertz CT molecular complexity index is 4230. The van der Waals surface area contributed by atoms with Crippen LogP contribution in [0.3, 0.4) is 0 Å². The van der Waals surface area contributed by atoms with E-state index in [1.165, 1.54) is 12.1 Å². The van der Waals surface area contributed by atoms with Crippen molar-refractivity contribution in [3.05, 3.63) is 225 Å². The number of anilines is 2. The van der Waals surface area contributed by atoms with Crippen LogP contribution in [0.25, 0.3) is 44.3 Å². The van der Waals surface area contributed by atoms with Crippen LogP contribution >= 0.6 is 11.6 Å². The highest BCUT2D eigenvalue weighted by Gasteiger charge is 2.26. The van der Waals surface area contributed by atoms with Crippen molar-refractivity contribution in [2.45, 2.75) is 130 Å². The van der Waals surface area contributed by atoms with E-state index in [4.69, 9.17) is 31.0 Å². The number of nitrogens with zero attached hydrogens (tertiary/aromatic N) is 6. The number of ether oxygens (including phenoxy) is 2. The lowest BCUT2D eigenvalue weighted by atomic mass is 10.0. The first-order chi connectivity index (χ1) is 47.8. The summed E-state index contributed by atoms with van der Waals surface area (Å²) in [5.41, 5.74) is 13.7. The van der Waals surface area contributed by atoms with Gasteiger partial charge in [-0.1, -0.05) is 74.5 Å². The number of alkyl halides is 1. The average molecular weight is 1350 g/mol. The molecule has 0 saturated carbocycles. The Morgan fingerprint density at radius 3 is 1.28 bits per heavy atom. The van der Waals surface area contributed by atoms with E-state index in [0.29, 0.717) is 114 Å². The minimum atomic E-state index is -0.395. The molecule has 0 aliphatic carbocycles. The summed E-state index contributed by atoms with van der Waals surface area (Å²) < 4.78 is 44.3. The Labute approximate surface area is 573 Å². The Balaban J connectivity index is 0.000000198. The van der Waals surface area contributed by atoms with Crippen molar-refractivity contribution < 1.29 is 42.5 Å². The average Bonchev–Trinajstić information content (AvgIpc) is 1.45. The van der Waals surface area contributed by atoms with Crippen molar-refractivity contribution in [2.75, 3.05) is 37.1 Å². The summed E-state index contributed by atoms with van der Waals surface area (Å²) in [7, 11) is 0. The number of pyridine rings is 2. The van der Waals surface area contributed by atoms with Crippen LogP contribution in [0.2, 0.25) is 0 Å². The molecule has 4 amide bonds. The van der Waals surface area contributed by atoms with Crippen LogP contribution < -0.4 is 31.9 Å². The molecule has 0 bridgehead atoms. The molecular weight excluding hydrogens is 1270 g/mol. The maximum atomic E-state index is 14.7. The first-order valence-corrected chi connectivity index (χ1v) is 34.0. The van der Waals surface area contributed by atoms with Crippen molar-refractivity contribution in [3.63, 3.8) is 0 Å². The summed E-state index contributed by atoms with van der Waals surface area (Å²) in [6.45, 7) is 13.1. The van der Waals surface area contributed by atoms with Gasteiger partial charge in [0.1, 0.15) is 11.6 Å². The van der Waals surface area contributed by atoms with E-state index in [-0.39, 0.29) is 74.3 Å². The van der Waals surface area contributed by atoms with Gasteiger partial charge in [-0.25, -0.2) is 28.1 Å². The van der Waals surface area contributed by atoms with Gasteiger partial charge in [0.05, 0.1) is 41.1 Å². The predicted octanol–water partition coefficient (Wildman–Crippen LogP) is 12.8. The topological polar surface area (TPSA) is 241 Å². The lowest BCUT2D eigenvalue weighted by Gasteiger charge is -2.26. The fourth-order valence-electron chi connectivity index (χ4n) is 12.4. The van der Waals surface area contributed by atoms with E-state index in [1.807, 2.05) is 66.8 Å². The molecule has 19 nitrogen and oxygen atoms in total. The number of aryl methyl sites for hydroxylation is 4. The van der Waals surface area contributed by atoms with Crippen LogP contribution in [0.1, 0.15) is 140 Å². The van der Waals surface area contributed by atoms with Crippen LogP contribution in [-0.2, 0) is 74.1 Å². The molecule has 4 aromatic heterocycles. The molecule has 22 heteroatoms. The molecule has 2 aliphatic rings. The summed E-state index contributed by atoms with van der Waals surface area (Å²) in [6.07, 6.45) is 8.58. The van der Waals surface area contributed by atoms with Gasteiger partial charge in [0.2, 0.25) is 0 Å². The fourth-order valence-corrected chi connectivity index (χ4v) is 12.5. The van der Waals surface area contributed by atoms with Crippen molar-refractivity contribution in [1.29, 1.82) is 0 Å². The summed E-state index contributed by atoms with van der Waals surface area (Å²) in [5.74, 6) is -1.75. The number of carbonyl (C=O) groups excluding carboxylic acids is 4. The van der Waals surface area contributed by atoms with Crippen LogP contribution in [-0.4, -0.2) is 96.8 Å². The lowest BCUT2D eigenvalue weighted by molar-refractivity contribution is 0.0903. The molecule has 6 aromatic carbocycles. The number of aliphatic hydroxyl groups excluding tert-OH is 1. The van der Waals surface area contributed by atoms with Gasteiger partial charge < -0.3 is 46.5 Å². The van der Waals surface area contributed by atoms with Gasteiger partial charge in [0.15, 0.2) is 11.3 Å². The molecule has 2 aliphatic heterocycles. The van der Waals surface area contributed by atoms with Gasteiger partial charge in [-0.05, 0) is 159 Å². The molecule has 6 heterocycles. The molecule has 508 valence electrons. The summed E-state index contributed by atoms with van der Waals surface area (Å²) in [4.78, 5) is 63.2. The maximum absolute atomic E-state index is 14.7. The quantitative estimate of drug-likeness (QED) is 0.0279. The first-order valence-electron chi connectivity index (χ1n) is 33.4. The fraction of sp³-hybridized carbons (Fsp3) is 0.316. The molecule has 2 fully saturated rings. The molecule has 2 saturated heterocycles. The third kappa shape index (κ3) is 16.5. The third-order valence-corrected chi connectivity index (χ3v) is 18.1. The summed E-state index contributed by atoms with van der Waals surface area (Å²) >= 11 is 5.97. The number of aliphatic hydroxyl groups is 1. The van der Waals surface area contributed by atoms with Crippen molar-refractivity contribution in [1.82, 2.24) is 50.8 Å². The zero-order chi connectivity index (χ0) is 68.7. The summed E-state index contributed by atoms with van der Waals surface area (Å²) in [5, 5.41) is 39.8. The number of fused-ring (bicyclic) bond motifs is 2. The number of rotatable bonds is 24. The number of halogens is 3. The molecule has 10 aromatic rings. The molecule has 0 spiro atoms. The van der Waals surface area contributed by atoms with E-state index in [2.05, 4.69) is 49.0 Å². The van der Waals surface area contributed by atoms with Crippen LogP contribution in [0.4, 0.5) is 20.2 Å². The normalized spacial score (nSPS) is 13.4. The number of hydrogen-bond donors (Lipinski definition) is 7. The van der Waals surface area contributed by atoms with Crippen LogP contribution in [0.15, 0.2) is 146 Å². The predicted molar refractivity (Wildman–Crippen MR) is 377 cm³/mol. The highest BCUT2D eigenvalue weighted by Crippen LogP contribution is 2.34. The number of carbonyl (C=O) groups is 4. The number of hydrogen-bond acceptors (Lipinski definition) is 13. The molecule has 12 rings (SSSR count). The number of nitrogens with one attached hydrogen (secondary N) is 6. The second-order valence-corrected chi connectivity index (χ2v) is 24.5. The Morgan fingerprint density at radius 2 is 0.888 bits per heavy atom. The zero-order valence-electron chi connectivity index (χ0n) is 55.5. The van der Waals surface area contributed by atoms with E-state index in [9.17, 15) is 33.1 Å². The van der Waals surface area contributed by atoms with Gasteiger partial charge in [-0.15, -0.1) is 11.6 Å². The largest absolute Gasteiger partial charge is 0.392 e. The molecule has 0 atom stereocenters. The molecule has 0 radical (unpaired) electrons. The van der Waals surface area contributed by atoms with Crippen LogP contribution in [0, 0.1) is 11.6 Å². The van der Waals surface area contributed by atoms with Crippen molar-refractivity contribution >= 4 is 68.7 Å². The van der Waals surface area contributed by atoms with Crippen molar-refractivity contribution in [3.8, 4) is 22.3 Å². The minimum absolute atomic E-state index is 0.143. The standard InChI is InChI=1S/C38H40ClFN6O3.C38H41FN6O4/c1-3-34-31(35(44-29-13-15-49-16-14-29)32-23-43-46(4-2)36(32)45-34)22-42-38(48)28-10-6-9-27(19-28)37(47)41-21-25-11-12-33(40)30(18-25)26-8-5-7-24(17-26)20-39;1-3-34-31(35(43-29-13-15-49-16-14-29)32-22-42-45(4-2)36(32)44-34)21-41-38(48)28-10-6-9-27(19-28)37(47)40-20-24-11-12-33(39)30(18-24)26-8-5-7-25(17-26)23-46/h5-12,17-19,23,29H,3-4,13-16,20-22H2,1-2H3,(H,41,47)(H,42,48)(H,44,45);5-12,17-19,22,29,46H,3-4,13-16,20-21,23H2,1-2H3,(H,40,47)(H,41,48)(H,43,44). The van der Waals surface area contributed by atoms with E-state index in [1.54, 1.807) is 97.1 Å². The minimum Gasteiger partial charge on any atom is -0.392 e. The Morgan fingerprint density at radius 1 is 0.500 bits per heavy atom. The Kier molecular flexibility index (Phi) is 23.3. The number of benzene rings is 6. The molecule has 7 N–H and O–H groups in total. The third-order valence-electron chi connectivity index (χ3n) is 17.8. The zero-order valence-corrected chi connectivity index (χ0v) is 56.2. The maximum Gasteiger partial charge on any atom is 0.251 e.